The number of hydrogen-bond acceptors (Lipinski definition) is 5. The molecule has 158 valence electrons. The lowest BCUT2D eigenvalue weighted by Gasteiger charge is -2.17. The summed E-state index contributed by atoms with van der Waals surface area (Å²) in [4.78, 5) is 34.9. The Morgan fingerprint density at radius 1 is 1.37 bits per heavy atom. The predicted molar refractivity (Wildman–Crippen MR) is 122 cm³/mol. The molecule has 0 saturated heterocycles. The van der Waals surface area contributed by atoms with Crippen LogP contribution in [0.4, 0.5) is 5.69 Å². The van der Waals surface area contributed by atoms with E-state index in [9.17, 15) is 9.59 Å². The maximum atomic E-state index is 12.8. The fraction of sp³-hybridized carbons (Fsp3) is 0.435. The van der Waals surface area contributed by atoms with Crippen LogP contribution in [0.5, 0.6) is 0 Å². The summed E-state index contributed by atoms with van der Waals surface area (Å²) in [7, 11) is 0. The van der Waals surface area contributed by atoms with Crippen molar-refractivity contribution < 1.29 is 4.79 Å². The third-order valence-electron chi connectivity index (χ3n) is 5.84. The summed E-state index contributed by atoms with van der Waals surface area (Å²) in [6.07, 6.45) is 3.95. The lowest BCUT2D eigenvalue weighted by molar-refractivity contribution is -0.115. The molecule has 3 N–H and O–H groups in total. The molecular weight excluding hydrogens is 396 g/mol. The van der Waals surface area contributed by atoms with Crippen molar-refractivity contribution in [1.29, 1.82) is 0 Å². The van der Waals surface area contributed by atoms with Crippen LogP contribution >= 0.6 is 11.3 Å². The van der Waals surface area contributed by atoms with E-state index in [0.29, 0.717) is 11.7 Å². The molecule has 7 heteroatoms. The van der Waals surface area contributed by atoms with Gasteiger partial charge in [0.25, 0.3) is 5.56 Å². The Bertz CT molecular complexity index is 1130. The number of fused-ring (bicyclic) bond motifs is 3. The van der Waals surface area contributed by atoms with Gasteiger partial charge >= 0.3 is 0 Å². The highest BCUT2D eigenvalue weighted by molar-refractivity contribution is 7.18. The van der Waals surface area contributed by atoms with Crippen molar-refractivity contribution >= 4 is 33.1 Å². The number of nitrogens with one attached hydrogen (secondary N) is 3. The first-order valence-corrected chi connectivity index (χ1v) is 11.4. The number of thiophene rings is 1. The molecule has 0 fully saturated rings. The fourth-order valence-corrected chi connectivity index (χ4v) is 5.45. The zero-order valence-electron chi connectivity index (χ0n) is 17.7. The lowest BCUT2D eigenvalue weighted by atomic mass is 9.89. The van der Waals surface area contributed by atoms with E-state index in [4.69, 9.17) is 4.98 Å². The molecule has 0 unspecified atom stereocenters. The van der Waals surface area contributed by atoms with Crippen LogP contribution in [0.25, 0.3) is 10.2 Å². The van der Waals surface area contributed by atoms with E-state index in [1.54, 1.807) is 11.3 Å². The fourth-order valence-electron chi connectivity index (χ4n) is 4.06. The molecule has 1 aromatic carbocycles. The topological polar surface area (TPSA) is 86.9 Å². The minimum Gasteiger partial charge on any atom is -0.325 e. The normalized spacial score (nSPS) is 17.0. The van der Waals surface area contributed by atoms with Gasteiger partial charge in [0.1, 0.15) is 10.7 Å². The molecule has 0 radical (unpaired) electrons. The highest BCUT2D eigenvalue weighted by Gasteiger charge is 2.23. The Kier molecular flexibility index (Phi) is 6.01. The number of amides is 1. The molecule has 6 nitrogen and oxygen atoms in total. The predicted octanol–water partition coefficient (Wildman–Crippen LogP) is 3.96. The van der Waals surface area contributed by atoms with Gasteiger partial charge in [-0.2, -0.15) is 0 Å². The van der Waals surface area contributed by atoms with Crippen LogP contribution in [0.1, 0.15) is 55.1 Å². The van der Waals surface area contributed by atoms with Crippen LogP contribution in [0.15, 0.2) is 29.1 Å². The van der Waals surface area contributed by atoms with Crippen LogP contribution in [-0.2, 0) is 24.1 Å². The SMILES string of the molecule is CCc1ccccc1NC(=O)CN[C@H](C)c1nc2sc3c(c2c(=O)[nH]1)CC[C@@H](C)C3. The monoisotopic (exact) mass is 424 g/mol. The van der Waals surface area contributed by atoms with Crippen molar-refractivity contribution in [3.63, 3.8) is 0 Å². The van der Waals surface area contributed by atoms with Gasteiger partial charge in [-0.1, -0.05) is 32.0 Å². The molecule has 0 spiro atoms. The minimum atomic E-state index is -0.243. The Hall–Kier alpha value is -2.51. The number of benzene rings is 1. The second-order valence-corrected chi connectivity index (χ2v) is 9.23. The Balaban J connectivity index is 1.46. The van der Waals surface area contributed by atoms with E-state index in [2.05, 4.69) is 29.5 Å². The van der Waals surface area contributed by atoms with Gasteiger partial charge in [-0.15, -0.1) is 11.3 Å². The molecule has 2 atom stereocenters. The molecule has 1 amide bonds. The van der Waals surface area contributed by atoms with E-state index < -0.39 is 0 Å². The van der Waals surface area contributed by atoms with E-state index in [1.807, 2.05) is 31.2 Å². The first kappa shape index (κ1) is 20.8. The van der Waals surface area contributed by atoms with E-state index in [0.717, 1.165) is 47.2 Å². The molecule has 0 aliphatic heterocycles. The maximum absolute atomic E-state index is 12.8. The van der Waals surface area contributed by atoms with Gasteiger partial charge in [-0.3, -0.25) is 14.9 Å². The first-order chi connectivity index (χ1) is 14.5. The van der Waals surface area contributed by atoms with Crippen LogP contribution in [-0.4, -0.2) is 22.4 Å². The van der Waals surface area contributed by atoms with Crippen LogP contribution in [0.3, 0.4) is 0 Å². The largest absolute Gasteiger partial charge is 0.325 e. The number of H-pyrrole nitrogens is 1. The van der Waals surface area contributed by atoms with Gasteiger partial charge in [0, 0.05) is 10.6 Å². The second-order valence-electron chi connectivity index (χ2n) is 8.14. The third kappa shape index (κ3) is 4.18. The number of aryl methyl sites for hydroxylation is 2. The number of para-hydroxylation sites is 1. The van der Waals surface area contributed by atoms with Gasteiger partial charge in [0.15, 0.2) is 0 Å². The summed E-state index contributed by atoms with van der Waals surface area (Å²) >= 11 is 1.64. The van der Waals surface area contributed by atoms with Gasteiger partial charge in [0.05, 0.1) is 18.0 Å². The van der Waals surface area contributed by atoms with Crippen LogP contribution in [0.2, 0.25) is 0 Å². The zero-order valence-corrected chi connectivity index (χ0v) is 18.5. The number of anilines is 1. The molecule has 0 saturated carbocycles. The van der Waals surface area contributed by atoms with Gasteiger partial charge in [0.2, 0.25) is 5.91 Å². The van der Waals surface area contributed by atoms with Crippen molar-refractivity contribution in [1.82, 2.24) is 15.3 Å². The summed E-state index contributed by atoms with van der Waals surface area (Å²) in [6, 6.07) is 7.56. The van der Waals surface area contributed by atoms with Crippen molar-refractivity contribution in [3.05, 3.63) is 56.4 Å². The van der Waals surface area contributed by atoms with Gasteiger partial charge in [-0.05, 0) is 55.7 Å². The average Bonchev–Trinajstić information content (AvgIpc) is 3.10. The Morgan fingerprint density at radius 3 is 2.97 bits per heavy atom. The molecule has 2 heterocycles. The summed E-state index contributed by atoms with van der Waals surface area (Å²) in [6.45, 7) is 6.37. The molecule has 1 aliphatic carbocycles. The smallest absolute Gasteiger partial charge is 0.259 e. The summed E-state index contributed by atoms with van der Waals surface area (Å²) in [5.74, 6) is 1.11. The number of aromatic nitrogens is 2. The summed E-state index contributed by atoms with van der Waals surface area (Å²) < 4.78 is 0. The molecular formula is C23H28N4O2S. The zero-order chi connectivity index (χ0) is 21.3. The highest BCUT2D eigenvalue weighted by atomic mass is 32.1. The summed E-state index contributed by atoms with van der Waals surface area (Å²) in [5, 5.41) is 6.89. The molecule has 1 aliphatic rings. The standard InChI is InChI=1S/C23H28N4O2S/c1-4-15-7-5-6-8-17(15)25-19(28)12-24-14(3)21-26-22(29)20-16-10-9-13(2)11-18(16)30-23(20)27-21/h5-8,13-14,24H,4,9-12H2,1-3H3,(H,25,28)(H,26,27,29)/t13-,14-/m1/s1. The lowest BCUT2D eigenvalue weighted by Crippen LogP contribution is -2.32. The molecule has 4 rings (SSSR count). The van der Waals surface area contributed by atoms with Gasteiger partial charge < -0.3 is 10.3 Å². The van der Waals surface area contributed by atoms with E-state index in [1.165, 1.54) is 10.4 Å². The number of hydrogen-bond donors (Lipinski definition) is 3. The highest BCUT2D eigenvalue weighted by Crippen LogP contribution is 2.35. The Morgan fingerprint density at radius 2 is 2.17 bits per heavy atom. The average molecular weight is 425 g/mol. The number of aromatic amines is 1. The maximum Gasteiger partial charge on any atom is 0.259 e. The van der Waals surface area contributed by atoms with Crippen molar-refractivity contribution in [2.24, 2.45) is 5.92 Å². The minimum absolute atomic E-state index is 0.0722. The van der Waals surface area contributed by atoms with Crippen molar-refractivity contribution in [2.45, 2.75) is 52.5 Å². The first-order valence-electron chi connectivity index (χ1n) is 10.6. The van der Waals surface area contributed by atoms with Crippen molar-refractivity contribution in [2.75, 3.05) is 11.9 Å². The molecule has 0 bridgehead atoms. The third-order valence-corrected chi connectivity index (χ3v) is 6.98. The number of carbonyl (C=O) groups excluding carboxylic acids is 1. The van der Waals surface area contributed by atoms with Crippen LogP contribution in [0, 0.1) is 5.92 Å². The number of rotatable bonds is 6. The van der Waals surface area contributed by atoms with E-state index >= 15 is 0 Å². The molecule has 30 heavy (non-hydrogen) atoms. The number of carbonyl (C=O) groups is 1. The van der Waals surface area contributed by atoms with E-state index in [-0.39, 0.29) is 24.1 Å². The summed E-state index contributed by atoms with van der Waals surface area (Å²) in [5.41, 5.74) is 3.05. The quantitative estimate of drug-likeness (QED) is 0.559. The van der Waals surface area contributed by atoms with Crippen molar-refractivity contribution in [3.8, 4) is 0 Å². The second kappa shape index (κ2) is 8.70. The molecule has 3 aromatic rings. The van der Waals surface area contributed by atoms with Crippen LogP contribution < -0.4 is 16.2 Å². The Labute approximate surface area is 180 Å². The number of nitrogens with zero attached hydrogens (tertiary/aromatic N) is 1. The molecule has 2 aromatic heterocycles. The van der Waals surface area contributed by atoms with Gasteiger partial charge in [-0.25, -0.2) is 4.98 Å².